The van der Waals surface area contributed by atoms with E-state index in [0.29, 0.717) is 11.7 Å². The molecule has 3 rings (SSSR count). The van der Waals surface area contributed by atoms with Crippen molar-refractivity contribution in [3.05, 3.63) is 58.4 Å². The van der Waals surface area contributed by atoms with Crippen molar-refractivity contribution in [3.63, 3.8) is 0 Å². The number of hydrogen-bond donors (Lipinski definition) is 1. The molecule has 1 N–H and O–H groups in total. The molecule has 6 heteroatoms. The van der Waals surface area contributed by atoms with Crippen molar-refractivity contribution in [2.75, 3.05) is 4.90 Å². The molecule has 2 aromatic rings. The van der Waals surface area contributed by atoms with Gasteiger partial charge >= 0.3 is 0 Å². The van der Waals surface area contributed by atoms with Crippen LogP contribution in [-0.4, -0.2) is 21.5 Å². The summed E-state index contributed by atoms with van der Waals surface area (Å²) in [7, 11) is 0. The first-order valence-corrected chi connectivity index (χ1v) is 9.84. The third-order valence-corrected chi connectivity index (χ3v) is 5.33. The van der Waals surface area contributed by atoms with E-state index >= 15 is 0 Å². The Kier molecular flexibility index (Phi) is 5.52. The van der Waals surface area contributed by atoms with Crippen LogP contribution in [0.5, 0.6) is 0 Å². The zero-order valence-electron chi connectivity index (χ0n) is 16.9. The first-order valence-electron chi connectivity index (χ1n) is 9.43. The van der Waals surface area contributed by atoms with Crippen LogP contribution in [-0.2, 0) is 16.0 Å². The van der Waals surface area contributed by atoms with Gasteiger partial charge in [-0.15, -0.1) is 0 Å². The molecule has 146 valence electrons. The van der Waals surface area contributed by atoms with E-state index in [2.05, 4.69) is 30.7 Å². The molecule has 0 aliphatic carbocycles. The Morgan fingerprint density at radius 1 is 1.14 bits per heavy atom. The maximum absolute atomic E-state index is 13.1. The lowest BCUT2D eigenvalue weighted by atomic mass is 10.1. The Hall–Kier alpha value is -2.73. The highest BCUT2D eigenvalue weighted by atomic mass is 32.1. The van der Waals surface area contributed by atoms with Gasteiger partial charge in [0.1, 0.15) is 5.57 Å². The van der Waals surface area contributed by atoms with Crippen LogP contribution in [0, 0.1) is 13.8 Å². The molecule has 28 heavy (non-hydrogen) atoms. The Labute approximate surface area is 171 Å². The number of carbonyl (C=O) groups excluding carboxylic acids is 2. The highest BCUT2D eigenvalue weighted by Gasteiger charge is 2.34. The van der Waals surface area contributed by atoms with Gasteiger partial charge < -0.3 is 4.57 Å². The smallest absolute Gasteiger partial charge is 0.270 e. The number of amides is 2. The normalized spacial score (nSPS) is 16.3. The van der Waals surface area contributed by atoms with Crippen LogP contribution in [0.3, 0.4) is 0 Å². The SMILES string of the molecule is CCc1ccc(N2C(=O)C(=Cc3cc(C)n(C(C)C)c3C)C(=O)NC2=S)cc1. The van der Waals surface area contributed by atoms with Crippen molar-refractivity contribution in [2.24, 2.45) is 0 Å². The number of aryl methyl sites for hydroxylation is 2. The minimum Gasteiger partial charge on any atom is -0.346 e. The van der Waals surface area contributed by atoms with Crippen LogP contribution in [0.25, 0.3) is 6.08 Å². The summed E-state index contributed by atoms with van der Waals surface area (Å²) < 4.78 is 2.18. The van der Waals surface area contributed by atoms with Crippen LogP contribution < -0.4 is 10.2 Å². The predicted octanol–water partition coefficient (Wildman–Crippen LogP) is 4.08. The van der Waals surface area contributed by atoms with Crippen LogP contribution in [0.4, 0.5) is 5.69 Å². The molecule has 5 nitrogen and oxygen atoms in total. The van der Waals surface area contributed by atoms with Crippen molar-refractivity contribution in [1.29, 1.82) is 0 Å². The van der Waals surface area contributed by atoms with Gasteiger partial charge in [0.05, 0.1) is 5.69 Å². The monoisotopic (exact) mass is 395 g/mol. The van der Waals surface area contributed by atoms with E-state index < -0.39 is 11.8 Å². The summed E-state index contributed by atoms with van der Waals surface area (Å²) in [5, 5.41) is 2.74. The molecule has 0 saturated carbocycles. The Morgan fingerprint density at radius 3 is 2.32 bits per heavy atom. The van der Waals surface area contributed by atoms with E-state index in [1.807, 2.05) is 44.2 Å². The molecule has 0 bridgehead atoms. The average molecular weight is 396 g/mol. The largest absolute Gasteiger partial charge is 0.346 e. The molecule has 1 aromatic heterocycles. The van der Waals surface area contributed by atoms with Crippen LogP contribution in [0.15, 0.2) is 35.9 Å². The second kappa shape index (κ2) is 7.72. The standard InChI is InChI=1S/C22H25N3O2S/c1-6-16-7-9-18(10-8-16)25-21(27)19(20(26)23-22(25)28)12-17-11-14(4)24(13(2)3)15(17)5/h7-13H,6H2,1-5H3,(H,23,26,28). The molecule has 1 aromatic carbocycles. The highest BCUT2D eigenvalue weighted by Crippen LogP contribution is 2.26. The lowest BCUT2D eigenvalue weighted by Crippen LogP contribution is -2.54. The van der Waals surface area contributed by atoms with Crippen molar-refractivity contribution in [3.8, 4) is 0 Å². The summed E-state index contributed by atoms with van der Waals surface area (Å²) in [6.07, 6.45) is 2.57. The predicted molar refractivity (Wildman–Crippen MR) is 116 cm³/mol. The summed E-state index contributed by atoms with van der Waals surface area (Å²) >= 11 is 5.27. The number of benzene rings is 1. The molecule has 1 saturated heterocycles. The number of carbonyl (C=O) groups is 2. The molecule has 0 atom stereocenters. The zero-order chi connectivity index (χ0) is 20.6. The van der Waals surface area contributed by atoms with Gasteiger partial charge in [0.2, 0.25) is 0 Å². The molecule has 0 spiro atoms. The number of hydrogen-bond acceptors (Lipinski definition) is 3. The Morgan fingerprint density at radius 2 is 1.79 bits per heavy atom. The highest BCUT2D eigenvalue weighted by molar-refractivity contribution is 7.80. The van der Waals surface area contributed by atoms with Gasteiger partial charge in [0.25, 0.3) is 11.8 Å². The third-order valence-electron chi connectivity index (χ3n) is 5.04. The lowest BCUT2D eigenvalue weighted by molar-refractivity contribution is -0.122. The van der Waals surface area contributed by atoms with E-state index in [-0.39, 0.29) is 10.7 Å². The van der Waals surface area contributed by atoms with Gasteiger partial charge in [-0.1, -0.05) is 19.1 Å². The molecule has 0 unspecified atom stereocenters. The van der Waals surface area contributed by atoms with Gasteiger partial charge in [0, 0.05) is 17.4 Å². The second-order valence-corrected chi connectivity index (χ2v) is 7.65. The summed E-state index contributed by atoms with van der Waals surface area (Å²) in [6.45, 7) is 10.3. The van der Waals surface area contributed by atoms with Gasteiger partial charge in [-0.2, -0.15) is 0 Å². The van der Waals surface area contributed by atoms with E-state index in [1.165, 1.54) is 10.5 Å². The number of nitrogens with one attached hydrogen (secondary N) is 1. The van der Waals surface area contributed by atoms with E-state index in [9.17, 15) is 9.59 Å². The van der Waals surface area contributed by atoms with Gasteiger partial charge in [0.15, 0.2) is 5.11 Å². The van der Waals surface area contributed by atoms with Crippen LogP contribution in [0.2, 0.25) is 0 Å². The Balaban J connectivity index is 2.02. The quantitative estimate of drug-likeness (QED) is 0.482. The zero-order valence-corrected chi connectivity index (χ0v) is 17.7. The van der Waals surface area contributed by atoms with Crippen molar-refractivity contribution in [2.45, 2.75) is 47.1 Å². The third kappa shape index (κ3) is 3.52. The molecular formula is C22H25N3O2S. The molecule has 0 radical (unpaired) electrons. The Bertz CT molecular complexity index is 984. The average Bonchev–Trinajstić information content (AvgIpc) is 2.92. The fourth-order valence-corrected chi connectivity index (χ4v) is 3.95. The lowest BCUT2D eigenvalue weighted by Gasteiger charge is -2.29. The number of rotatable bonds is 4. The van der Waals surface area contributed by atoms with E-state index in [0.717, 1.165) is 23.4 Å². The minimum absolute atomic E-state index is 0.0807. The molecule has 1 aliphatic rings. The van der Waals surface area contributed by atoms with Crippen LogP contribution >= 0.6 is 12.2 Å². The van der Waals surface area contributed by atoms with E-state index in [1.54, 1.807) is 6.08 Å². The van der Waals surface area contributed by atoms with Gasteiger partial charge in [-0.25, -0.2) is 0 Å². The number of anilines is 1. The molecule has 2 heterocycles. The van der Waals surface area contributed by atoms with Crippen molar-refractivity contribution >= 4 is 40.9 Å². The second-order valence-electron chi connectivity index (χ2n) is 7.27. The first-order chi connectivity index (χ1) is 13.2. The molecular weight excluding hydrogens is 370 g/mol. The minimum atomic E-state index is -0.467. The summed E-state index contributed by atoms with van der Waals surface area (Å²) in [5.41, 5.74) is 4.86. The molecule has 2 amide bonds. The maximum Gasteiger partial charge on any atom is 0.270 e. The van der Waals surface area contributed by atoms with E-state index in [4.69, 9.17) is 12.2 Å². The topological polar surface area (TPSA) is 54.3 Å². The van der Waals surface area contributed by atoms with Crippen molar-refractivity contribution < 1.29 is 9.59 Å². The van der Waals surface area contributed by atoms with Crippen LogP contribution in [0.1, 0.15) is 49.3 Å². The molecule has 1 aliphatic heterocycles. The van der Waals surface area contributed by atoms with Crippen molar-refractivity contribution in [1.82, 2.24) is 9.88 Å². The summed E-state index contributed by atoms with van der Waals surface area (Å²) in [4.78, 5) is 27.0. The summed E-state index contributed by atoms with van der Waals surface area (Å²) in [5.74, 6) is -0.877. The fraction of sp³-hybridized carbons (Fsp3) is 0.318. The fourth-order valence-electron chi connectivity index (χ4n) is 3.67. The van der Waals surface area contributed by atoms with Gasteiger partial charge in [-0.05, 0) is 81.7 Å². The van der Waals surface area contributed by atoms with Gasteiger partial charge in [-0.3, -0.25) is 19.8 Å². The number of aromatic nitrogens is 1. The maximum atomic E-state index is 13.1. The first kappa shape index (κ1) is 20.0. The number of thiocarbonyl (C=S) groups is 1. The number of nitrogens with zero attached hydrogens (tertiary/aromatic N) is 2. The molecule has 1 fully saturated rings. The summed E-state index contributed by atoms with van der Waals surface area (Å²) in [6, 6.07) is 9.91.